The molecule has 2 N–H and O–H groups in total. The van der Waals surface area contributed by atoms with Crippen LogP contribution in [0.4, 0.5) is 0 Å². The van der Waals surface area contributed by atoms with E-state index in [2.05, 4.69) is 32.0 Å². The average Bonchev–Trinajstić information content (AvgIpc) is 3.28. The van der Waals surface area contributed by atoms with Crippen LogP contribution in [0, 0.1) is 6.92 Å². The van der Waals surface area contributed by atoms with Gasteiger partial charge in [-0.3, -0.25) is 0 Å². The van der Waals surface area contributed by atoms with Crippen molar-refractivity contribution < 1.29 is 14.3 Å². The van der Waals surface area contributed by atoms with E-state index in [9.17, 15) is 4.79 Å². The smallest absolute Gasteiger partial charge is 0.338 e. The molecule has 0 saturated carbocycles. The van der Waals surface area contributed by atoms with Crippen molar-refractivity contribution in [3.8, 4) is 11.1 Å². The van der Waals surface area contributed by atoms with Crippen LogP contribution >= 0.6 is 0 Å². The molecule has 3 aliphatic rings. The Morgan fingerprint density at radius 1 is 1.31 bits per heavy atom. The second-order valence-electron chi connectivity index (χ2n) is 8.14. The lowest BCUT2D eigenvalue weighted by Gasteiger charge is -2.14. The zero-order chi connectivity index (χ0) is 19.2. The second-order valence-corrected chi connectivity index (χ2v) is 8.14. The molecule has 0 aromatic carbocycles. The summed E-state index contributed by atoms with van der Waals surface area (Å²) < 4.78 is 11.2. The molecule has 0 aromatic rings. The van der Waals surface area contributed by atoms with E-state index < -0.39 is 5.54 Å². The van der Waals surface area contributed by atoms with E-state index >= 15 is 0 Å². The summed E-state index contributed by atoms with van der Waals surface area (Å²) in [7, 11) is 0. The quantitative estimate of drug-likeness (QED) is 0.630. The summed E-state index contributed by atoms with van der Waals surface area (Å²) in [6.07, 6.45) is -0.126. The van der Waals surface area contributed by atoms with Crippen molar-refractivity contribution in [3.63, 3.8) is 0 Å². The van der Waals surface area contributed by atoms with Crippen LogP contribution in [0.25, 0.3) is 11.1 Å². The molecule has 1 fully saturated rings. The normalized spacial score (nSPS) is 19.8. The third kappa shape index (κ3) is 3.36. The highest BCUT2D eigenvalue weighted by Gasteiger charge is 2.50. The van der Waals surface area contributed by atoms with Crippen LogP contribution in [-0.2, 0) is 9.47 Å². The number of hydrogen-bond donors (Lipinski definition) is 1. The van der Waals surface area contributed by atoms with E-state index in [1.807, 2.05) is 33.8 Å². The molecular formula is C22H29NO3. The number of nitrogens with two attached hydrogens (primary N) is 1. The lowest BCUT2D eigenvalue weighted by Crippen LogP contribution is -2.38. The van der Waals surface area contributed by atoms with Crippen LogP contribution in [-0.4, -0.2) is 24.2 Å². The Bertz CT molecular complexity index is 804. The molecule has 0 bridgehead atoms. The number of epoxide rings is 1. The van der Waals surface area contributed by atoms with Gasteiger partial charge in [0.1, 0.15) is 12.2 Å². The Morgan fingerprint density at radius 3 is 2.54 bits per heavy atom. The van der Waals surface area contributed by atoms with Crippen LogP contribution in [0.5, 0.6) is 0 Å². The first-order chi connectivity index (χ1) is 12.1. The van der Waals surface area contributed by atoms with Crippen molar-refractivity contribution in [2.24, 2.45) is 5.73 Å². The Kier molecular flexibility index (Phi) is 4.84. The lowest BCUT2D eigenvalue weighted by molar-refractivity contribution is 0.0527. The molecule has 4 heteroatoms. The lowest BCUT2D eigenvalue weighted by atomic mass is 9.94. The number of ether oxygens (including phenoxy) is 2. The van der Waals surface area contributed by atoms with Crippen LogP contribution in [0.2, 0.25) is 0 Å². The standard InChI is InChI=1S/C22H29NO3/c1-7-25-21(24)17-11-16(19-20(26-19)22(5,6)23)15-10-14(12(2)3)9-8-13(4)18(15)17/h8-12,19-20H,7,23H2,1-6H3. The Morgan fingerprint density at radius 2 is 2.00 bits per heavy atom. The molecular weight excluding hydrogens is 326 g/mol. The van der Waals surface area contributed by atoms with Gasteiger partial charge in [-0.05, 0) is 67.5 Å². The van der Waals surface area contributed by atoms with Gasteiger partial charge in [-0.1, -0.05) is 32.0 Å². The summed E-state index contributed by atoms with van der Waals surface area (Å²) in [4.78, 5) is 12.6. The molecule has 1 saturated heterocycles. The van der Waals surface area contributed by atoms with Crippen molar-refractivity contribution in [2.75, 3.05) is 6.61 Å². The zero-order valence-electron chi connectivity index (χ0n) is 16.6. The van der Waals surface area contributed by atoms with Crippen molar-refractivity contribution in [2.45, 2.75) is 65.2 Å². The highest BCUT2D eigenvalue weighted by atomic mass is 16.6. The van der Waals surface area contributed by atoms with Gasteiger partial charge in [0.2, 0.25) is 0 Å². The molecule has 2 atom stereocenters. The van der Waals surface area contributed by atoms with Crippen LogP contribution in [0.3, 0.4) is 0 Å². The van der Waals surface area contributed by atoms with Crippen LogP contribution in [0.1, 0.15) is 73.7 Å². The van der Waals surface area contributed by atoms with Gasteiger partial charge in [0.05, 0.1) is 12.2 Å². The summed E-state index contributed by atoms with van der Waals surface area (Å²) >= 11 is 0. The fourth-order valence-electron chi connectivity index (χ4n) is 3.57. The van der Waals surface area contributed by atoms with Gasteiger partial charge in [0.15, 0.2) is 0 Å². The monoisotopic (exact) mass is 355 g/mol. The third-order valence-electron chi connectivity index (χ3n) is 5.07. The van der Waals surface area contributed by atoms with Crippen molar-refractivity contribution in [1.82, 2.24) is 0 Å². The molecule has 2 aliphatic carbocycles. The number of carbonyl (C=O) groups excluding carboxylic acids is 1. The number of hydrogen-bond acceptors (Lipinski definition) is 4. The van der Waals surface area contributed by atoms with Gasteiger partial charge < -0.3 is 15.2 Å². The summed E-state index contributed by atoms with van der Waals surface area (Å²) in [5.41, 5.74) is 11.8. The first-order valence-electron chi connectivity index (χ1n) is 9.33. The van der Waals surface area contributed by atoms with Crippen molar-refractivity contribution >= 4 is 5.97 Å². The average molecular weight is 355 g/mol. The maximum absolute atomic E-state index is 12.6. The first kappa shape index (κ1) is 18.9. The van der Waals surface area contributed by atoms with E-state index in [0.717, 1.165) is 22.3 Å². The minimum atomic E-state index is -0.425. The van der Waals surface area contributed by atoms with Crippen LogP contribution in [0.15, 0.2) is 24.3 Å². The number of esters is 1. The zero-order valence-corrected chi connectivity index (χ0v) is 16.6. The molecule has 1 heterocycles. The van der Waals surface area contributed by atoms with E-state index in [1.165, 1.54) is 5.56 Å². The predicted molar refractivity (Wildman–Crippen MR) is 104 cm³/mol. The van der Waals surface area contributed by atoms with E-state index in [1.54, 1.807) is 0 Å². The number of rotatable bonds is 5. The van der Waals surface area contributed by atoms with Crippen molar-refractivity contribution in [1.29, 1.82) is 0 Å². The SMILES string of the molecule is CCOC(=O)c1cc(C2OC2C(C)(C)N)c2cc(C(C)C)ccc(C)c1-2. The Hall–Kier alpha value is -1.91. The topological polar surface area (TPSA) is 64.8 Å². The molecule has 3 rings (SSSR count). The highest BCUT2D eigenvalue weighted by molar-refractivity contribution is 6.01. The minimum absolute atomic E-state index is 0.0449. The number of carbonyl (C=O) groups is 1. The fourth-order valence-corrected chi connectivity index (χ4v) is 3.57. The fraction of sp³-hybridized carbons (Fsp3) is 0.500. The first-order valence-corrected chi connectivity index (χ1v) is 9.33. The maximum atomic E-state index is 12.6. The molecule has 0 spiro atoms. The molecule has 1 aliphatic heterocycles. The van der Waals surface area contributed by atoms with E-state index in [-0.39, 0.29) is 18.2 Å². The predicted octanol–water partition coefficient (Wildman–Crippen LogP) is 4.58. The molecule has 2 unspecified atom stereocenters. The summed E-state index contributed by atoms with van der Waals surface area (Å²) in [5, 5.41) is 0. The minimum Gasteiger partial charge on any atom is -0.462 e. The van der Waals surface area contributed by atoms with Gasteiger partial charge in [-0.25, -0.2) is 4.79 Å². The summed E-state index contributed by atoms with van der Waals surface area (Å²) in [6.45, 7) is 12.5. The molecule has 4 nitrogen and oxygen atoms in total. The van der Waals surface area contributed by atoms with Gasteiger partial charge in [0, 0.05) is 5.54 Å². The summed E-state index contributed by atoms with van der Waals surface area (Å²) in [5.74, 6) is 0.106. The molecule has 0 aromatic heterocycles. The van der Waals surface area contributed by atoms with Crippen LogP contribution < -0.4 is 5.73 Å². The van der Waals surface area contributed by atoms with Gasteiger partial charge in [-0.15, -0.1) is 0 Å². The molecule has 0 amide bonds. The largest absolute Gasteiger partial charge is 0.462 e. The Labute approximate surface area is 156 Å². The van der Waals surface area contributed by atoms with E-state index in [4.69, 9.17) is 15.2 Å². The molecule has 0 radical (unpaired) electrons. The third-order valence-corrected chi connectivity index (χ3v) is 5.07. The van der Waals surface area contributed by atoms with Gasteiger partial charge in [-0.2, -0.15) is 0 Å². The van der Waals surface area contributed by atoms with Gasteiger partial charge >= 0.3 is 5.97 Å². The second kappa shape index (κ2) is 6.67. The van der Waals surface area contributed by atoms with Gasteiger partial charge in [0.25, 0.3) is 0 Å². The van der Waals surface area contributed by atoms with Crippen molar-refractivity contribution in [3.05, 3.63) is 46.5 Å². The van der Waals surface area contributed by atoms with E-state index in [0.29, 0.717) is 18.1 Å². The highest BCUT2D eigenvalue weighted by Crippen LogP contribution is 2.50. The number of aryl methyl sites for hydroxylation is 1. The molecule has 26 heavy (non-hydrogen) atoms. The Balaban J connectivity index is 2.18. The maximum Gasteiger partial charge on any atom is 0.338 e. The number of fused-ring (bicyclic) bond motifs is 1. The summed E-state index contributed by atoms with van der Waals surface area (Å²) in [6, 6.07) is 8.35. The molecule has 140 valence electrons.